The average Bonchev–Trinajstić information content (AvgIpc) is 3.40. The highest BCUT2D eigenvalue weighted by Gasteiger charge is 2.27. The van der Waals surface area contributed by atoms with E-state index >= 15 is 0 Å². The summed E-state index contributed by atoms with van der Waals surface area (Å²) in [6, 6.07) is -0.688. The molecular formula is C67H105N3O11. The summed E-state index contributed by atoms with van der Waals surface area (Å²) in [7, 11) is 0. The molecule has 0 unspecified atom stereocenters. The smallest absolute Gasteiger partial charge is 0.244 e. The van der Waals surface area contributed by atoms with E-state index in [-0.39, 0.29) is 59.6 Å². The van der Waals surface area contributed by atoms with E-state index in [0.29, 0.717) is 124 Å². The van der Waals surface area contributed by atoms with Gasteiger partial charge in [-0.2, -0.15) is 0 Å². The highest BCUT2D eigenvalue weighted by Crippen LogP contribution is 2.42. The molecule has 2 aliphatic carbocycles. The molecule has 0 aliphatic heterocycles. The van der Waals surface area contributed by atoms with Gasteiger partial charge in [0.05, 0.1) is 78.7 Å². The fourth-order valence-corrected chi connectivity index (χ4v) is 9.52. The van der Waals surface area contributed by atoms with Crippen LogP contribution >= 0.6 is 0 Å². The van der Waals surface area contributed by atoms with Gasteiger partial charge in [-0.15, -0.1) is 0 Å². The summed E-state index contributed by atoms with van der Waals surface area (Å²) in [4.78, 5) is 63.1. The summed E-state index contributed by atoms with van der Waals surface area (Å²) in [5, 5.41) is 8.73. The van der Waals surface area contributed by atoms with E-state index in [4.69, 9.17) is 28.4 Å². The van der Waals surface area contributed by atoms with E-state index < -0.39 is 6.04 Å². The van der Waals surface area contributed by atoms with Crippen molar-refractivity contribution in [2.75, 3.05) is 92.4 Å². The molecule has 14 heteroatoms. The lowest BCUT2D eigenvalue weighted by Crippen LogP contribution is -2.40. The topological polar surface area (TPSA) is 177 Å². The van der Waals surface area contributed by atoms with Crippen LogP contribution in [0.2, 0.25) is 0 Å². The highest BCUT2D eigenvalue weighted by molar-refractivity contribution is 5.94. The predicted octanol–water partition coefficient (Wildman–Crippen LogP) is 12.1. The minimum Gasteiger partial charge on any atom is -0.379 e. The van der Waals surface area contributed by atoms with Crippen molar-refractivity contribution in [2.45, 2.75) is 172 Å². The molecule has 0 saturated carbocycles. The van der Waals surface area contributed by atoms with Gasteiger partial charge in [-0.05, 0) is 139 Å². The molecule has 81 heavy (non-hydrogen) atoms. The van der Waals surface area contributed by atoms with E-state index in [1.54, 1.807) is 6.08 Å². The summed E-state index contributed by atoms with van der Waals surface area (Å²) in [5.74, 6) is -0.537. The SMILES string of the molecule is CCC(=O)CCOCCOCCOCCOCCC(=O)NCCOCCOCCCC(=O)[C@@H](CCCCNC(=O)/C=C(C)/C=C/C=C(C)/C=C/C1=C(C)CCCC1(C)C)NC(=O)/C=C(C)/C=C/C=C(C)/C=C/C1=C(C)CCCC1(C)C. The van der Waals surface area contributed by atoms with Crippen molar-refractivity contribution in [3.05, 3.63) is 117 Å². The molecule has 3 N–H and O–H groups in total. The van der Waals surface area contributed by atoms with Crippen LogP contribution in [0.1, 0.15) is 166 Å². The fourth-order valence-electron chi connectivity index (χ4n) is 9.52. The minimum absolute atomic E-state index is 0.0756. The Hall–Kier alpha value is -5.09. The molecule has 2 aliphatic rings. The molecule has 454 valence electrons. The Bertz CT molecular complexity index is 2250. The lowest BCUT2D eigenvalue weighted by molar-refractivity contribution is -0.126. The predicted molar refractivity (Wildman–Crippen MR) is 328 cm³/mol. The third-order valence-corrected chi connectivity index (χ3v) is 14.4. The molecule has 0 heterocycles. The number of allylic oxidation sites excluding steroid dienone is 18. The van der Waals surface area contributed by atoms with Gasteiger partial charge in [0.1, 0.15) is 5.78 Å². The molecule has 3 amide bonds. The van der Waals surface area contributed by atoms with Gasteiger partial charge in [0.2, 0.25) is 17.7 Å². The van der Waals surface area contributed by atoms with Gasteiger partial charge >= 0.3 is 0 Å². The van der Waals surface area contributed by atoms with Gasteiger partial charge in [-0.25, -0.2) is 0 Å². The van der Waals surface area contributed by atoms with Crippen LogP contribution in [0.15, 0.2) is 117 Å². The normalized spacial score (nSPS) is 16.8. The van der Waals surface area contributed by atoms with Crippen LogP contribution in [0.25, 0.3) is 0 Å². The van der Waals surface area contributed by atoms with Crippen molar-refractivity contribution < 1.29 is 52.4 Å². The molecule has 0 bridgehead atoms. The second-order valence-corrected chi connectivity index (χ2v) is 22.7. The summed E-state index contributed by atoms with van der Waals surface area (Å²) in [5.41, 5.74) is 9.97. The monoisotopic (exact) mass is 1130 g/mol. The number of hydrogen-bond donors (Lipinski definition) is 3. The third-order valence-electron chi connectivity index (χ3n) is 14.4. The maximum absolute atomic E-state index is 13.6. The summed E-state index contributed by atoms with van der Waals surface area (Å²) >= 11 is 0. The quantitative estimate of drug-likeness (QED) is 0.0301. The Morgan fingerprint density at radius 3 is 1.49 bits per heavy atom. The van der Waals surface area contributed by atoms with Gasteiger partial charge in [0.25, 0.3) is 0 Å². The molecule has 1 atom stereocenters. The zero-order valence-corrected chi connectivity index (χ0v) is 51.8. The summed E-state index contributed by atoms with van der Waals surface area (Å²) in [6.07, 6.45) is 34.5. The molecule has 2 rings (SSSR count). The zero-order chi connectivity index (χ0) is 59.7. The number of carbonyl (C=O) groups is 5. The number of Topliss-reactive ketones (excluding diaryl/α,β-unsaturated/α-hetero) is 2. The highest BCUT2D eigenvalue weighted by atomic mass is 16.6. The molecule has 0 aromatic heterocycles. The van der Waals surface area contributed by atoms with Crippen LogP contribution in [0.3, 0.4) is 0 Å². The van der Waals surface area contributed by atoms with E-state index in [0.717, 1.165) is 35.1 Å². The standard InChI is InChI=1S/C67H105N3O11/c1-12-58(71)32-39-77-43-46-80-48-49-81-47-44-78-40-33-63(73)69-37-41-79-45-42-76-38-19-27-62(72)61(70-65(75)51-55(5)23-16-21-53(3)29-31-60-57(7)25-18-35-67(60,10)11)26-13-14-36-68-64(74)50-54(4)22-15-20-52(2)28-30-59-56(6)24-17-34-66(59,8)9/h15-16,20-23,28-31,50-51,61H,12-14,17-19,24-27,32-49H2,1-11H3,(H,68,74)(H,69,73)(H,70,75)/b22-15+,23-16+,30-28+,31-29+,52-20+,53-21+,54-50+,55-51+/t61-/m1/s1. The number of carbonyl (C=O) groups excluding carboxylic acids is 5. The Labute approximate surface area is 488 Å². The van der Waals surface area contributed by atoms with Crippen LogP contribution < -0.4 is 16.0 Å². The number of amides is 3. The van der Waals surface area contributed by atoms with Crippen LogP contribution in [-0.2, 0) is 52.4 Å². The Morgan fingerprint density at radius 2 is 0.988 bits per heavy atom. The van der Waals surface area contributed by atoms with Crippen LogP contribution in [-0.4, -0.2) is 128 Å². The van der Waals surface area contributed by atoms with Crippen LogP contribution in [0, 0.1) is 10.8 Å². The summed E-state index contributed by atoms with van der Waals surface area (Å²) in [6.45, 7) is 28.8. The first-order valence-electron chi connectivity index (χ1n) is 29.9. The molecule has 0 saturated heterocycles. The first kappa shape index (κ1) is 72.0. The second-order valence-electron chi connectivity index (χ2n) is 22.7. The van der Waals surface area contributed by atoms with E-state index in [1.807, 2.05) is 51.2 Å². The van der Waals surface area contributed by atoms with Gasteiger partial charge in [0, 0.05) is 57.5 Å². The van der Waals surface area contributed by atoms with E-state index in [2.05, 4.69) is 102 Å². The average molecular weight is 1130 g/mol. The molecule has 0 radical (unpaired) electrons. The number of nitrogens with one attached hydrogen (secondary N) is 3. The Morgan fingerprint density at radius 1 is 0.519 bits per heavy atom. The first-order valence-corrected chi connectivity index (χ1v) is 29.9. The number of hydrogen-bond acceptors (Lipinski definition) is 11. The largest absolute Gasteiger partial charge is 0.379 e. The lowest BCUT2D eigenvalue weighted by Gasteiger charge is -2.33. The fraction of sp³-hybridized carbons (Fsp3) is 0.627. The van der Waals surface area contributed by atoms with Crippen molar-refractivity contribution in [3.63, 3.8) is 0 Å². The Kier molecular flexibility index (Phi) is 38.0. The maximum Gasteiger partial charge on any atom is 0.244 e. The minimum atomic E-state index is -0.688. The number of rotatable bonds is 43. The van der Waals surface area contributed by atoms with E-state index in [1.165, 1.54) is 54.1 Å². The van der Waals surface area contributed by atoms with Gasteiger partial charge in [-0.1, -0.05) is 118 Å². The Balaban J connectivity index is 1.78. The van der Waals surface area contributed by atoms with Gasteiger partial charge in [-0.3, -0.25) is 24.0 Å². The molecule has 0 fully saturated rings. The molecular weight excluding hydrogens is 1020 g/mol. The number of unbranched alkanes of at least 4 members (excludes halogenated alkanes) is 1. The van der Waals surface area contributed by atoms with Crippen LogP contribution in [0.4, 0.5) is 0 Å². The van der Waals surface area contributed by atoms with Crippen molar-refractivity contribution in [1.29, 1.82) is 0 Å². The third kappa shape index (κ3) is 34.8. The summed E-state index contributed by atoms with van der Waals surface area (Å²) < 4.78 is 33.1. The van der Waals surface area contributed by atoms with Gasteiger partial charge < -0.3 is 44.4 Å². The molecule has 14 nitrogen and oxygen atoms in total. The van der Waals surface area contributed by atoms with Crippen molar-refractivity contribution in [3.8, 4) is 0 Å². The zero-order valence-electron chi connectivity index (χ0n) is 51.8. The number of ketones is 2. The molecule has 0 spiro atoms. The van der Waals surface area contributed by atoms with Crippen molar-refractivity contribution >= 4 is 29.3 Å². The van der Waals surface area contributed by atoms with Crippen LogP contribution in [0.5, 0.6) is 0 Å². The lowest BCUT2D eigenvalue weighted by atomic mass is 9.72. The second kappa shape index (κ2) is 42.7. The molecule has 0 aromatic carbocycles. The van der Waals surface area contributed by atoms with Crippen molar-refractivity contribution in [2.24, 2.45) is 10.8 Å². The van der Waals surface area contributed by atoms with Gasteiger partial charge in [0.15, 0.2) is 5.78 Å². The molecule has 0 aromatic rings. The first-order chi connectivity index (χ1) is 38.7. The van der Waals surface area contributed by atoms with E-state index in [9.17, 15) is 24.0 Å². The number of ether oxygens (including phenoxy) is 6. The maximum atomic E-state index is 13.6. The van der Waals surface area contributed by atoms with Crippen molar-refractivity contribution in [1.82, 2.24) is 16.0 Å².